The molecule has 7 heteroatoms. The van der Waals surface area contributed by atoms with Crippen LogP contribution in [0.4, 0.5) is 18.3 Å². The Hall–Kier alpha value is -1.60. The number of nitrogens with zero attached hydrogens (tertiary/aromatic N) is 2. The molecule has 0 fully saturated rings. The standard InChI is InChI=1S/C14H15F3N2OS/c1-2-19(9-14(15,16)17)13-18-12(11(8-20)21-13)10-6-4-3-5-7-10/h3-7,20H,2,8-9H2,1H3. The molecule has 0 aliphatic heterocycles. The van der Waals surface area contributed by atoms with E-state index in [0.29, 0.717) is 10.6 Å². The van der Waals surface area contributed by atoms with E-state index in [9.17, 15) is 18.3 Å². The number of hydrogen-bond acceptors (Lipinski definition) is 4. The first-order valence-electron chi connectivity index (χ1n) is 6.42. The molecule has 0 radical (unpaired) electrons. The maximum absolute atomic E-state index is 12.6. The summed E-state index contributed by atoms with van der Waals surface area (Å²) in [5.74, 6) is 0. The minimum Gasteiger partial charge on any atom is -0.391 e. The highest BCUT2D eigenvalue weighted by molar-refractivity contribution is 7.16. The molecule has 0 bridgehead atoms. The summed E-state index contributed by atoms with van der Waals surface area (Å²) < 4.78 is 37.7. The molecule has 2 aromatic rings. The summed E-state index contributed by atoms with van der Waals surface area (Å²) in [6.07, 6.45) is -4.28. The van der Waals surface area contributed by atoms with Gasteiger partial charge in [-0.1, -0.05) is 41.7 Å². The van der Waals surface area contributed by atoms with Crippen LogP contribution >= 0.6 is 11.3 Å². The number of aliphatic hydroxyl groups is 1. The fourth-order valence-corrected chi connectivity index (χ4v) is 2.94. The molecule has 114 valence electrons. The first-order valence-corrected chi connectivity index (χ1v) is 7.24. The molecule has 1 N–H and O–H groups in total. The molecule has 0 aliphatic carbocycles. The van der Waals surface area contributed by atoms with E-state index >= 15 is 0 Å². The van der Waals surface area contributed by atoms with Gasteiger partial charge < -0.3 is 10.0 Å². The Bertz CT molecular complexity index is 584. The van der Waals surface area contributed by atoms with Gasteiger partial charge in [-0.2, -0.15) is 13.2 Å². The average Bonchev–Trinajstić information content (AvgIpc) is 2.89. The second-order valence-corrected chi connectivity index (χ2v) is 5.48. The highest BCUT2D eigenvalue weighted by Crippen LogP contribution is 2.34. The zero-order valence-corrected chi connectivity index (χ0v) is 12.2. The number of thiazole rings is 1. The van der Waals surface area contributed by atoms with Crippen LogP contribution in [-0.4, -0.2) is 29.4 Å². The summed E-state index contributed by atoms with van der Waals surface area (Å²) in [5, 5.41) is 9.69. The van der Waals surface area contributed by atoms with Crippen LogP contribution in [0.5, 0.6) is 0 Å². The number of anilines is 1. The van der Waals surface area contributed by atoms with E-state index in [4.69, 9.17) is 0 Å². The van der Waals surface area contributed by atoms with Gasteiger partial charge in [0.15, 0.2) is 5.13 Å². The summed E-state index contributed by atoms with van der Waals surface area (Å²) in [4.78, 5) is 6.02. The molecule has 0 amide bonds. The van der Waals surface area contributed by atoms with Crippen LogP contribution in [0.25, 0.3) is 11.3 Å². The van der Waals surface area contributed by atoms with Gasteiger partial charge >= 0.3 is 6.18 Å². The van der Waals surface area contributed by atoms with E-state index in [1.54, 1.807) is 6.92 Å². The monoisotopic (exact) mass is 316 g/mol. The number of aliphatic hydroxyl groups excluding tert-OH is 1. The largest absolute Gasteiger partial charge is 0.406 e. The molecular formula is C14H15F3N2OS. The van der Waals surface area contributed by atoms with Crippen molar-refractivity contribution in [3.05, 3.63) is 35.2 Å². The Labute approximate surface area is 124 Å². The molecular weight excluding hydrogens is 301 g/mol. The van der Waals surface area contributed by atoms with E-state index < -0.39 is 12.7 Å². The van der Waals surface area contributed by atoms with Crippen molar-refractivity contribution in [3.8, 4) is 11.3 Å². The fraction of sp³-hybridized carbons (Fsp3) is 0.357. The van der Waals surface area contributed by atoms with Crippen molar-refractivity contribution in [2.24, 2.45) is 0 Å². The van der Waals surface area contributed by atoms with Crippen LogP contribution in [0.3, 0.4) is 0 Å². The predicted octanol–water partition coefficient (Wildman–Crippen LogP) is 3.69. The van der Waals surface area contributed by atoms with Gasteiger partial charge in [0.05, 0.1) is 17.2 Å². The van der Waals surface area contributed by atoms with E-state index in [1.807, 2.05) is 30.3 Å². The Balaban J connectivity index is 2.36. The smallest absolute Gasteiger partial charge is 0.391 e. The summed E-state index contributed by atoms with van der Waals surface area (Å²) >= 11 is 1.09. The third kappa shape index (κ3) is 3.95. The fourth-order valence-electron chi connectivity index (χ4n) is 1.93. The maximum atomic E-state index is 12.6. The molecule has 1 aromatic heterocycles. The molecule has 2 rings (SSSR count). The number of benzene rings is 1. The van der Waals surface area contributed by atoms with E-state index in [-0.39, 0.29) is 18.3 Å². The van der Waals surface area contributed by atoms with Gasteiger partial charge in [-0.25, -0.2) is 4.98 Å². The predicted molar refractivity (Wildman–Crippen MR) is 77.4 cm³/mol. The molecule has 0 spiro atoms. The van der Waals surface area contributed by atoms with Crippen LogP contribution in [0.1, 0.15) is 11.8 Å². The molecule has 21 heavy (non-hydrogen) atoms. The first-order chi connectivity index (χ1) is 9.94. The number of rotatable bonds is 5. The normalized spacial score (nSPS) is 11.7. The summed E-state index contributed by atoms with van der Waals surface area (Å²) in [7, 11) is 0. The number of alkyl halides is 3. The second-order valence-electron chi connectivity index (χ2n) is 4.42. The first kappa shape index (κ1) is 15.8. The van der Waals surface area contributed by atoms with Gasteiger partial charge in [-0.05, 0) is 6.92 Å². The minimum atomic E-state index is -4.28. The molecule has 0 unspecified atom stereocenters. The van der Waals surface area contributed by atoms with Crippen molar-refractivity contribution < 1.29 is 18.3 Å². The number of halogens is 3. The van der Waals surface area contributed by atoms with E-state index in [2.05, 4.69) is 4.98 Å². The lowest BCUT2D eigenvalue weighted by Gasteiger charge is -2.21. The van der Waals surface area contributed by atoms with E-state index in [0.717, 1.165) is 21.8 Å². The molecule has 1 aromatic carbocycles. The quantitative estimate of drug-likeness (QED) is 0.914. The topological polar surface area (TPSA) is 36.4 Å². The maximum Gasteiger partial charge on any atom is 0.406 e. The Morgan fingerprint density at radius 1 is 1.24 bits per heavy atom. The molecule has 0 saturated carbocycles. The van der Waals surface area contributed by atoms with Crippen LogP contribution in [-0.2, 0) is 6.61 Å². The molecule has 0 saturated heterocycles. The molecule has 0 atom stereocenters. The summed E-state index contributed by atoms with van der Waals surface area (Å²) in [6, 6.07) is 9.12. The van der Waals surface area contributed by atoms with Crippen molar-refractivity contribution in [2.45, 2.75) is 19.7 Å². The van der Waals surface area contributed by atoms with Crippen molar-refractivity contribution in [1.82, 2.24) is 4.98 Å². The molecule has 0 aliphatic rings. The highest BCUT2D eigenvalue weighted by Gasteiger charge is 2.31. The van der Waals surface area contributed by atoms with Gasteiger partial charge in [0.2, 0.25) is 0 Å². The third-order valence-electron chi connectivity index (χ3n) is 2.90. The van der Waals surface area contributed by atoms with Gasteiger partial charge in [0.1, 0.15) is 6.54 Å². The average molecular weight is 316 g/mol. The zero-order chi connectivity index (χ0) is 15.5. The molecule has 3 nitrogen and oxygen atoms in total. The van der Waals surface area contributed by atoms with Crippen LogP contribution < -0.4 is 4.90 Å². The molecule has 1 heterocycles. The van der Waals surface area contributed by atoms with Crippen LogP contribution in [0.15, 0.2) is 30.3 Å². The van der Waals surface area contributed by atoms with Gasteiger partial charge in [0, 0.05) is 12.1 Å². The van der Waals surface area contributed by atoms with Crippen LogP contribution in [0, 0.1) is 0 Å². The van der Waals surface area contributed by atoms with Crippen LogP contribution in [0.2, 0.25) is 0 Å². The highest BCUT2D eigenvalue weighted by atomic mass is 32.1. The van der Waals surface area contributed by atoms with Gasteiger partial charge in [0.25, 0.3) is 0 Å². The number of hydrogen-bond donors (Lipinski definition) is 1. The Morgan fingerprint density at radius 3 is 2.43 bits per heavy atom. The lowest BCUT2D eigenvalue weighted by atomic mass is 10.1. The second kappa shape index (κ2) is 6.44. The Morgan fingerprint density at radius 2 is 1.90 bits per heavy atom. The van der Waals surface area contributed by atoms with E-state index in [1.165, 1.54) is 0 Å². The SMILES string of the molecule is CCN(CC(F)(F)F)c1nc(-c2ccccc2)c(CO)s1. The zero-order valence-electron chi connectivity index (χ0n) is 11.4. The van der Waals surface area contributed by atoms with Gasteiger partial charge in [-0.3, -0.25) is 0 Å². The lowest BCUT2D eigenvalue weighted by Crippen LogP contribution is -2.33. The van der Waals surface area contributed by atoms with Crippen molar-refractivity contribution in [1.29, 1.82) is 0 Å². The van der Waals surface area contributed by atoms with Crippen molar-refractivity contribution >= 4 is 16.5 Å². The summed E-state index contributed by atoms with van der Waals surface area (Å²) in [6.45, 7) is 0.557. The van der Waals surface area contributed by atoms with Crippen molar-refractivity contribution in [2.75, 3.05) is 18.0 Å². The third-order valence-corrected chi connectivity index (χ3v) is 4.00. The Kier molecular flexibility index (Phi) is 4.84. The number of aromatic nitrogens is 1. The van der Waals surface area contributed by atoms with Gasteiger partial charge in [-0.15, -0.1) is 0 Å². The minimum absolute atomic E-state index is 0.201. The lowest BCUT2D eigenvalue weighted by molar-refractivity contribution is -0.119. The summed E-state index contributed by atoms with van der Waals surface area (Å²) in [5.41, 5.74) is 1.32. The van der Waals surface area contributed by atoms with Crippen molar-refractivity contribution in [3.63, 3.8) is 0 Å².